The first-order valence-corrected chi connectivity index (χ1v) is 9.59. The molecule has 0 aliphatic heterocycles. The molecule has 4 rings (SSSR count). The Hall–Kier alpha value is -3.25. The Balaban J connectivity index is 1.42. The van der Waals surface area contributed by atoms with Gasteiger partial charge in [-0.2, -0.15) is 0 Å². The van der Waals surface area contributed by atoms with E-state index < -0.39 is 6.10 Å². The summed E-state index contributed by atoms with van der Waals surface area (Å²) in [7, 11) is 0. The number of anilines is 1. The number of fused-ring (bicyclic) bond motifs is 1. The maximum absolute atomic E-state index is 12.9. The van der Waals surface area contributed by atoms with Gasteiger partial charge in [0.15, 0.2) is 6.10 Å². The van der Waals surface area contributed by atoms with Crippen LogP contribution in [0, 0.1) is 5.82 Å². The van der Waals surface area contributed by atoms with Gasteiger partial charge in [0.1, 0.15) is 16.6 Å². The number of hydrogen-bond donors (Lipinski definition) is 1. The molecule has 0 radical (unpaired) electrons. The smallest absolute Gasteiger partial charge is 0.265 e. The minimum Gasteiger partial charge on any atom is -0.481 e. The van der Waals surface area contributed by atoms with Crippen molar-refractivity contribution in [2.24, 2.45) is 0 Å². The highest BCUT2D eigenvalue weighted by Gasteiger charge is 2.15. The summed E-state index contributed by atoms with van der Waals surface area (Å²) in [5.74, 6) is -0.190. The largest absolute Gasteiger partial charge is 0.481 e. The van der Waals surface area contributed by atoms with Gasteiger partial charge in [0.05, 0.1) is 10.2 Å². The summed E-state index contributed by atoms with van der Waals surface area (Å²) < 4.78 is 19.6. The van der Waals surface area contributed by atoms with Crippen LogP contribution in [-0.2, 0) is 4.79 Å². The number of benzene rings is 3. The first-order chi connectivity index (χ1) is 13.6. The number of hydrogen-bond acceptors (Lipinski definition) is 4. The van der Waals surface area contributed by atoms with Gasteiger partial charge in [-0.05, 0) is 67.6 Å². The van der Waals surface area contributed by atoms with Crippen molar-refractivity contribution in [1.29, 1.82) is 0 Å². The normalized spacial score (nSPS) is 11.9. The molecule has 28 heavy (non-hydrogen) atoms. The lowest BCUT2D eigenvalue weighted by molar-refractivity contribution is -0.122. The number of carbonyl (C=O) groups is 1. The molecule has 0 fully saturated rings. The molecule has 1 heterocycles. The van der Waals surface area contributed by atoms with E-state index in [2.05, 4.69) is 10.3 Å². The number of rotatable bonds is 5. The van der Waals surface area contributed by atoms with Crippen molar-refractivity contribution in [3.63, 3.8) is 0 Å². The Bertz CT molecular complexity index is 1070. The highest BCUT2D eigenvalue weighted by Crippen LogP contribution is 2.30. The standard InChI is InChI=1S/C22H17FN2O2S/c1-14(27-18-12-8-16(23)9-13-18)21(26)24-17-10-6-15(7-11-17)22-25-19-4-2-3-5-20(19)28-22/h2-14H,1H3,(H,24,26)/t14-/m0/s1. The summed E-state index contributed by atoms with van der Waals surface area (Å²) in [5.41, 5.74) is 2.64. The predicted molar refractivity (Wildman–Crippen MR) is 110 cm³/mol. The second kappa shape index (κ2) is 7.78. The fourth-order valence-electron chi connectivity index (χ4n) is 2.71. The lowest BCUT2D eigenvalue weighted by atomic mass is 10.2. The van der Waals surface area contributed by atoms with Gasteiger partial charge < -0.3 is 10.1 Å². The van der Waals surface area contributed by atoms with E-state index in [0.717, 1.165) is 20.8 Å². The molecule has 0 aliphatic carbocycles. The molecule has 1 N–H and O–H groups in total. The first kappa shape index (κ1) is 18.1. The monoisotopic (exact) mass is 392 g/mol. The van der Waals surface area contributed by atoms with Gasteiger partial charge in [0.2, 0.25) is 0 Å². The van der Waals surface area contributed by atoms with Crippen molar-refractivity contribution in [2.75, 3.05) is 5.32 Å². The summed E-state index contributed by atoms with van der Waals surface area (Å²) in [6, 6.07) is 21.1. The Kier molecular flexibility index (Phi) is 5.04. The van der Waals surface area contributed by atoms with E-state index in [-0.39, 0.29) is 11.7 Å². The van der Waals surface area contributed by atoms with Crippen LogP contribution < -0.4 is 10.1 Å². The van der Waals surface area contributed by atoms with Crippen LogP contribution in [0.1, 0.15) is 6.92 Å². The maximum Gasteiger partial charge on any atom is 0.265 e. The molecule has 140 valence electrons. The topological polar surface area (TPSA) is 51.2 Å². The number of halogens is 1. The van der Waals surface area contributed by atoms with Crippen LogP contribution in [0.2, 0.25) is 0 Å². The van der Waals surface area contributed by atoms with Gasteiger partial charge in [-0.3, -0.25) is 4.79 Å². The molecule has 0 bridgehead atoms. The summed E-state index contributed by atoms with van der Waals surface area (Å²) in [5, 5.41) is 3.76. The lowest BCUT2D eigenvalue weighted by Crippen LogP contribution is -2.30. The molecule has 0 saturated heterocycles. The van der Waals surface area contributed by atoms with Crippen LogP contribution in [0.5, 0.6) is 5.75 Å². The second-order valence-electron chi connectivity index (χ2n) is 6.27. The molecule has 0 unspecified atom stereocenters. The third-order valence-electron chi connectivity index (χ3n) is 4.19. The molecule has 1 amide bonds. The highest BCUT2D eigenvalue weighted by molar-refractivity contribution is 7.21. The van der Waals surface area contributed by atoms with Crippen LogP contribution in [-0.4, -0.2) is 17.0 Å². The number of amides is 1. The molecule has 6 heteroatoms. The lowest BCUT2D eigenvalue weighted by Gasteiger charge is -2.14. The second-order valence-corrected chi connectivity index (χ2v) is 7.30. The number of nitrogens with one attached hydrogen (secondary N) is 1. The predicted octanol–water partition coefficient (Wildman–Crippen LogP) is 5.51. The molecule has 1 aromatic heterocycles. The van der Waals surface area contributed by atoms with Crippen LogP contribution in [0.4, 0.5) is 10.1 Å². The zero-order valence-electron chi connectivity index (χ0n) is 15.1. The van der Waals surface area contributed by atoms with Crippen LogP contribution in [0.15, 0.2) is 72.8 Å². The van der Waals surface area contributed by atoms with Crippen molar-refractivity contribution >= 4 is 33.1 Å². The summed E-state index contributed by atoms with van der Waals surface area (Å²) >= 11 is 1.63. The average Bonchev–Trinajstić information content (AvgIpc) is 3.14. The van der Waals surface area contributed by atoms with Gasteiger partial charge in [0.25, 0.3) is 5.91 Å². The maximum atomic E-state index is 12.9. The summed E-state index contributed by atoms with van der Waals surface area (Å²) in [6.07, 6.45) is -0.714. The quantitative estimate of drug-likeness (QED) is 0.487. The summed E-state index contributed by atoms with van der Waals surface area (Å²) in [6.45, 7) is 1.65. The molecule has 0 aliphatic rings. The Labute approximate surface area is 165 Å². The van der Waals surface area contributed by atoms with Crippen LogP contribution in [0.3, 0.4) is 0 Å². The van der Waals surface area contributed by atoms with Gasteiger partial charge in [0, 0.05) is 11.3 Å². The van der Waals surface area contributed by atoms with Crippen molar-refractivity contribution < 1.29 is 13.9 Å². The minimum absolute atomic E-state index is 0.280. The Morgan fingerprint density at radius 2 is 1.75 bits per heavy atom. The Morgan fingerprint density at radius 1 is 1.04 bits per heavy atom. The number of ether oxygens (including phenoxy) is 1. The van der Waals surface area contributed by atoms with Gasteiger partial charge in [-0.25, -0.2) is 9.37 Å². The number of para-hydroxylation sites is 1. The summed E-state index contributed by atoms with van der Waals surface area (Å²) in [4.78, 5) is 17.0. The van der Waals surface area contributed by atoms with E-state index in [0.29, 0.717) is 11.4 Å². The van der Waals surface area contributed by atoms with Gasteiger partial charge in [-0.15, -0.1) is 11.3 Å². The molecule has 0 spiro atoms. The molecular weight excluding hydrogens is 375 g/mol. The van der Waals surface area contributed by atoms with E-state index in [1.807, 2.05) is 48.5 Å². The zero-order chi connectivity index (χ0) is 19.5. The fraction of sp³-hybridized carbons (Fsp3) is 0.0909. The van der Waals surface area contributed by atoms with E-state index in [1.165, 1.54) is 24.3 Å². The van der Waals surface area contributed by atoms with Crippen LogP contribution in [0.25, 0.3) is 20.8 Å². The third kappa shape index (κ3) is 4.02. The molecule has 4 nitrogen and oxygen atoms in total. The fourth-order valence-corrected chi connectivity index (χ4v) is 3.68. The number of aromatic nitrogens is 1. The molecule has 4 aromatic rings. The third-order valence-corrected chi connectivity index (χ3v) is 5.27. The molecule has 1 atom stereocenters. The van der Waals surface area contributed by atoms with E-state index in [4.69, 9.17) is 4.74 Å². The first-order valence-electron chi connectivity index (χ1n) is 8.77. The van der Waals surface area contributed by atoms with Crippen molar-refractivity contribution in [2.45, 2.75) is 13.0 Å². The van der Waals surface area contributed by atoms with Gasteiger partial charge >= 0.3 is 0 Å². The van der Waals surface area contributed by atoms with E-state index >= 15 is 0 Å². The molecule has 3 aromatic carbocycles. The Morgan fingerprint density at radius 3 is 2.46 bits per heavy atom. The molecular formula is C22H17FN2O2S. The van der Waals surface area contributed by atoms with E-state index in [1.54, 1.807) is 18.3 Å². The van der Waals surface area contributed by atoms with Gasteiger partial charge in [-0.1, -0.05) is 12.1 Å². The number of nitrogens with zero attached hydrogens (tertiary/aromatic N) is 1. The van der Waals surface area contributed by atoms with Crippen molar-refractivity contribution in [3.05, 3.63) is 78.6 Å². The minimum atomic E-state index is -0.714. The SMILES string of the molecule is C[C@H](Oc1ccc(F)cc1)C(=O)Nc1ccc(-c2nc3ccccc3s2)cc1. The number of carbonyl (C=O) groups excluding carboxylic acids is 1. The highest BCUT2D eigenvalue weighted by atomic mass is 32.1. The average molecular weight is 392 g/mol. The zero-order valence-corrected chi connectivity index (χ0v) is 15.9. The van der Waals surface area contributed by atoms with Crippen LogP contribution >= 0.6 is 11.3 Å². The van der Waals surface area contributed by atoms with E-state index in [9.17, 15) is 9.18 Å². The number of thiazole rings is 1. The van der Waals surface area contributed by atoms with Crippen molar-refractivity contribution in [1.82, 2.24) is 4.98 Å². The van der Waals surface area contributed by atoms with Crippen molar-refractivity contribution in [3.8, 4) is 16.3 Å². The molecule has 0 saturated carbocycles.